The molecule has 0 bridgehead atoms. The number of hydrogen-bond donors (Lipinski definition) is 2. The Labute approximate surface area is 321 Å². The van der Waals surface area contributed by atoms with Crippen LogP contribution in [-0.4, -0.2) is 80.1 Å². The molecule has 56 heavy (non-hydrogen) atoms. The highest BCUT2D eigenvalue weighted by Crippen LogP contribution is 2.42. The van der Waals surface area contributed by atoms with Gasteiger partial charge in [0.05, 0.1) is 42.0 Å². The number of carbonyl (C=O) groups is 5. The molecule has 286 valence electrons. The van der Waals surface area contributed by atoms with Crippen LogP contribution in [-0.2, 0) is 18.9 Å². The van der Waals surface area contributed by atoms with E-state index < -0.39 is 66.8 Å². The molecule has 1 fully saturated rings. The molecule has 13 heteroatoms. The third-order valence-corrected chi connectivity index (χ3v) is 9.00. The highest BCUT2D eigenvalue weighted by molar-refractivity contribution is 6.04. The largest absolute Gasteiger partial charge is 0.497 e. The molecule has 13 nitrogen and oxygen atoms in total. The number of rotatable bonds is 13. The van der Waals surface area contributed by atoms with Crippen molar-refractivity contribution in [1.82, 2.24) is 5.32 Å². The van der Waals surface area contributed by atoms with Gasteiger partial charge in [0, 0.05) is 12.1 Å². The van der Waals surface area contributed by atoms with E-state index in [-0.39, 0.29) is 33.6 Å². The lowest BCUT2D eigenvalue weighted by atomic mass is 9.89. The van der Waals surface area contributed by atoms with Gasteiger partial charge < -0.3 is 38.8 Å². The summed E-state index contributed by atoms with van der Waals surface area (Å²) in [6, 6.07) is 34.6. The van der Waals surface area contributed by atoms with Crippen LogP contribution in [0.5, 0.6) is 11.5 Å². The highest BCUT2D eigenvalue weighted by Gasteiger charge is 2.53. The summed E-state index contributed by atoms with van der Waals surface area (Å²) in [5, 5.41) is 12.5. The van der Waals surface area contributed by atoms with Crippen LogP contribution in [0.1, 0.15) is 63.5 Å². The first kappa shape index (κ1) is 38.7. The summed E-state index contributed by atoms with van der Waals surface area (Å²) in [7, 11) is 2.88. The minimum absolute atomic E-state index is 0.138. The van der Waals surface area contributed by atoms with E-state index in [0.29, 0.717) is 11.3 Å². The van der Waals surface area contributed by atoms with E-state index in [1.807, 2.05) is 0 Å². The van der Waals surface area contributed by atoms with E-state index in [0.717, 1.165) is 0 Å². The summed E-state index contributed by atoms with van der Waals surface area (Å²) in [5.41, 5.74) is 0.379. The zero-order valence-corrected chi connectivity index (χ0v) is 30.2. The average molecular weight is 760 g/mol. The molecule has 1 saturated heterocycles. The summed E-state index contributed by atoms with van der Waals surface area (Å²) in [4.78, 5) is 67.2. The van der Waals surface area contributed by atoms with Crippen molar-refractivity contribution in [3.63, 3.8) is 0 Å². The Morgan fingerprint density at radius 2 is 1.07 bits per heavy atom. The predicted octanol–water partition coefficient (Wildman–Crippen LogP) is 5.95. The Hall–Kier alpha value is -6.99. The Balaban J connectivity index is 1.49. The molecule has 0 spiro atoms. The number of aromatic carboxylic acids is 1. The van der Waals surface area contributed by atoms with Gasteiger partial charge in [0.1, 0.15) is 23.7 Å². The highest BCUT2D eigenvalue weighted by atomic mass is 16.6. The molecule has 0 aromatic heterocycles. The molecule has 0 aliphatic carbocycles. The molecule has 0 saturated carbocycles. The maximum absolute atomic E-state index is 13.9. The first-order chi connectivity index (χ1) is 27.2. The fourth-order valence-electron chi connectivity index (χ4n) is 6.25. The monoisotopic (exact) mass is 759 g/mol. The van der Waals surface area contributed by atoms with Gasteiger partial charge >= 0.3 is 23.9 Å². The normalized spacial score (nSPS) is 18.8. The topological polar surface area (TPSA) is 173 Å². The van der Waals surface area contributed by atoms with E-state index >= 15 is 0 Å². The van der Waals surface area contributed by atoms with Crippen molar-refractivity contribution in [3.8, 4) is 11.5 Å². The van der Waals surface area contributed by atoms with Crippen LogP contribution in [0.15, 0.2) is 133 Å². The second-order valence-electron chi connectivity index (χ2n) is 12.5. The molecule has 1 amide bonds. The smallest absolute Gasteiger partial charge is 0.338 e. The molecular weight excluding hydrogens is 722 g/mol. The minimum atomic E-state index is -1.58. The number of carboxylic acid groups (broad SMARTS) is 1. The number of carboxylic acids is 1. The lowest BCUT2D eigenvalue weighted by Gasteiger charge is -2.45. The van der Waals surface area contributed by atoms with E-state index in [9.17, 15) is 29.1 Å². The predicted molar refractivity (Wildman–Crippen MR) is 200 cm³/mol. The molecule has 1 aliphatic heterocycles. The van der Waals surface area contributed by atoms with Crippen molar-refractivity contribution in [2.45, 2.75) is 30.5 Å². The fourth-order valence-corrected chi connectivity index (χ4v) is 6.25. The third kappa shape index (κ3) is 8.86. The quantitative estimate of drug-likeness (QED) is 0.107. The van der Waals surface area contributed by atoms with Crippen LogP contribution in [0.3, 0.4) is 0 Å². The van der Waals surface area contributed by atoms with Crippen LogP contribution in [0.25, 0.3) is 0 Å². The summed E-state index contributed by atoms with van der Waals surface area (Å²) >= 11 is 0. The second kappa shape index (κ2) is 17.9. The first-order valence-electron chi connectivity index (χ1n) is 17.4. The number of hydrogen-bond acceptors (Lipinski definition) is 11. The molecule has 5 aromatic rings. The van der Waals surface area contributed by atoms with Crippen LogP contribution in [0.4, 0.5) is 0 Å². The number of ether oxygens (including phenoxy) is 6. The van der Waals surface area contributed by atoms with Crippen LogP contribution >= 0.6 is 0 Å². The van der Waals surface area contributed by atoms with Crippen LogP contribution < -0.4 is 14.8 Å². The molecule has 0 radical (unpaired) electrons. The van der Waals surface area contributed by atoms with Gasteiger partial charge in [-0.15, -0.1) is 0 Å². The van der Waals surface area contributed by atoms with Crippen molar-refractivity contribution in [2.24, 2.45) is 0 Å². The number of methoxy groups -OCH3 is 2. The average Bonchev–Trinajstić information content (AvgIpc) is 3.24. The number of amides is 1. The number of carbonyl (C=O) groups excluding carboxylic acids is 4. The molecule has 2 N–H and O–H groups in total. The van der Waals surface area contributed by atoms with Gasteiger partial charge in [0.25, 0.3) is 5.91 Å². The van der Waals surface area contributed by atoms with Crippen molar-refractivity contribution >= 4 is 29.8 Å². The maximum atomic E-state index is 13.9. The van der Waals surface area contributed by atoms with Crippen LogP contribution in [0, 0.1) is 0 Å². The Morgan fingerprint density at radius 3 is 1.57 bits per heavy atom. The molecule has 5 aromatic carbocycles. The second-order valence-corrected chi connectivity index (χ2v) is 12.5. The van der Waals surface area contributed by atoms with Gasteiger partial charge in [-0.3, -0.25) is 4.79 Å². The van der Waals surface area contributed by atoms with Gasteiger partial charge in [-0.2, -0.15) is 0 Å². The van der Waals surface area contributed by atoms with Crippen molar-refractivity contribution in [1.29, 1.82) is 0 Å². The van der Waals surface area contributed by atoms with Gasteiger partial charge in [0.15, 0.2) is 18.3 Å². The first-order valence-corrected chi connectivity index (χ1v) is 17.4. The summed E-state index contributed by atoms with van der Waals surface area (Å²) in [5.74, 6) is -3.92. The molecule has 5 atom stereocenters. The van der Waals surface area contributed by atoms with Gasteiger partial charge in [-0.1, -0.05) is 66.7 Å². The Morgan fingerprint density at radius 1 is 0.589 bits per heavy atom. The van der Waals surface area contributed by atoms with Gasteiger partial charge in [0.2, 0.25) is 0 Å². The van der Waals surface area contributed by atoms with E-state index in [2.05, 4.69) is 5.32 Å². The lowest BCUT2D eigenvalue weighted by Crippen LogP contribution is -2.61. The minimum Gasteiger partial charge on any atom is -0.497 e. The van der Waals surface area contributed by atoms with E-state index in [1.54, 1.807) is 84.9 Å². The SMILES string of the molecule is COc1ccc(OC)c([C@@H]2O[C@H](CNC(=O)c3ccccc3C(=O)O)[C@@H](OC(=O)c3ccccc3)[C@H](OC(=O)c3ccccc3)[C@H]2OC(=O)c2ccccc2)c1. The Bertz CT molecular complexity index is 2180. The molecule has 6 rings (SSSR count). The van der Waals surface area contributed by atoms with Gasteiger partial charge in [-0.05, 0) is 66.7 Å². The fraction of sp³-hybridized carbons (Fsp3) is 0.186. The van der Waals surface area contributed by atoms with E-state index in [1.165, 1.54) is 62.8 Å². The number of benzene rings is 5. The molecule has 0 unspecified atom stereocenters. The summed E-state index contributed by atoms with van der Waals surface area (Å²) in [6.45, 7) is -0.402. The number of nitrogens with one attached hydrogen (secondary N) is 1. The standard InChI is InChI=1S/C43H37NO12/c1-51-29-22-23-33(52-2)32(24-29)35-37(55-42(49)27-16-8-4-9-17-27)38(56-43(50)28-18-10-5-11-19-28)36(54-41(48)26-14-6-3-7-15-26)34(53-35)25-44-39(45)30-20-12-13-21-31(30)40(46)47/h3-24,34-38H,25H2,1-2H3,(H,44,45)(H,46,47)/t34-,35+,36-,37+,38+/m1/s1. The van der Waals surface area contributed by atoms with Crippen molar-refractivity contribution < 1.29 is 57.5 Å². The molecule has 1 aliphatic rings. The van der Waals surface area contributed by atoms with Crippen molar-refractivity contribution in [2.75, 3.05) is 20.8 Å². The van der Waals surface area contributed by atoms with Gasteiger partial charge in [-0.25, -0.2) is 19.2 Å². The molecule has 1 heterocycles. The van der Waals surface area contributed by atoms with Crippen molar-refractivity contribution in [3.05, 3.63) is 167 Å². The maximum Gasteiger partial charge on any atom is 0.338 e. The lowest BCUT2D eigenvalue weighted by molar-refractivity contribution is -0.223. The summed E-state index contributed by atoms with van der Waals surface area (Å²) in [6.07, 6.45) is -7.24. The zero-order valence-electron chi connectivity index (χ0n) is 30.2. The zero-order chi connectivity index (χ0) is 39.6. The number of esters is 3. The van der Waals surface area contributed by atoms with Crippen LogP contribution in [0.2, 0.25) is 0 Å². The third-order valence-electron chi connectivity index (χ3n) is 9.00. The molecular formula is C43H37NO12. The van der Waals surface area contributed by atoms with E-state index in [4.69, 9.17) is 28.4 Å². The summed E-state index contributed by atoms with van der Waals surface area (Å²) < 4.78 is 36.4. The Kier molecular flexibility index (Phi) is 12.4.